The molecule has 6 nitrogen and oxygen atoms in total. The lowest BCUT2D eigenvalue weighted by Gasteiger charge is -2.26. The van der Waals surface area contributed by atoms with E-state index in [1.165, 1.54) is 0 Å². The van der Waals surface area contributed by atoms with Gasteiger partial charge in [0, 0.05) is 31.1 Å². The second kappa shape index (κ2) is 8.63. The lowest BCUT2D eigenvalue weighted by atomic mass is 10.2. The van der Waals surface area contributed by atoms with Crippen molar-refractivity contribution < 1.29 is 4.74 Å². The van der Waals surface area contributed by atoms with Crippen LogP contribution in [0.1, 0.15) is 37.4 Å². The number of nitrogens with one attached hydrogen (secondary N) is 1. The first-order chi connectivity index (χ1) is 12.7. The molecule has 1 atom stereocenters. The van der Waals surface area contributed by atoms with Crippen molar-refractivity contribution in [3.05, 3.63) is 41.6 Å². The number of ether oxygens (including phenoxy) is 1. The minimum atomic E-state index is 0.360. The van der Waals surface area contributed by atoms with Crippen LogP contribution in [0.25, 0.3) is 0 Å². The van der Waals surface area contributed by atoms with Crippen LogP contribution in [0.2, 0.25) is 0 Å². The number of methoxy groups -OCH3 is 1. The van der Waals surface area contributed by atoms with E-state index in [9.17, 15) is 0 Å². The van der Waals surface area contributed by atoms with Crippen LogP contribution in [0.5, 0.6) is 0 Å². The van der Waals surface area contributed by atoms with Gasteiger partial charge >= 0.3 is 0 Å². The van der Waals surface area contributed by atoms with Gasteiger partial charge < -0.3 is 15.0 Å². The summed E-state index contributed by atoms with van der Waals surface area (Å²) in [6.07, 6.45) is 4.20. The third-order valence-corrected chi connectivity index (χ3v) is 4.55. The Kier molecular flexibility index (Phi) is 6.03. The Morgan fingerprint density at radius 2 is 2.23 bits per heavy atom. The fourth-order valence-corrected chi connectivity index (χ4v) is 3.37. The summed E-state index contributed by atoms with van der Waals surface area (Å²) in [5.74, 6) is 1.52. The zero-order chi connectivity index (χ0) is 18.4. The van der Waals surface area contributed by atoms with Crippen molar-refractivity contribution in [3.63, 3.8) is 0 Å². The second-order valence-electron chi connectivity index (χ2n) is 6.55. The molecule has 3 rings (SSSR count). The van der Waals surface area contributed by atoms with Crippen LogP contribution in [0.3, 0.4) is 0 Å². The highest BCUT2D eigenvalue weighted by Crippen LogP contribution is 2.26. The van der Waals surface area contributed by atoms with Crippen molar-refractivity contribution in [2.45, 2.75) is 38.6 Å². The Balaban J connectivity index is 1.89. The predicted octanol–water partition coefficient (Wildman–Crippen LogP) is 3.66. The van der Waals surface area contributed by atoms with Gasteiger partial charge in [0.1, 0.15) is 5.82 Å². The van der Waals surface area contributed by atoms with Crippen LogP contribution >= 0.6 is 0 Å². The van der Waals surface area contributed by atoms with Gasteiger partial charge in [0.05, 0.1) is 24.3 Å². The normalized spacial score (nSPS) is 16.5. The Labute approximate surface area is 154 Å². The summed E-state index contributed by atoms with van der Waals surface area (Å²) in [5, 5.41) is 12.3. The highest BCUT2D eigenvalue weighted by Gasteiger charge is 2.26. The number of nitrogens with zero attached hydrogens (tertiary/aromatic N) is 4. The number of anilines is 3. The zero-order valence-corrected chi connectivity index (χ0v) is 15.4. The number of hydrogen-bond acceptors (Lipinski definition) is 6. The number of benzene rings is 1. The van der Waals surface area contributed by atoms with Crippen LogP contribution in [0.15, 0.2) is 30.3 Å². The maximum Gasteiger partial charge on any atom is 0.229 e. The molecule has 1 unspecified atom stereocenters. The van der Waals surface area contributed by atoms with Crippen molar-refractivity contribution in [3.8, 4) is 6.07 Å². The molecule has 0 bridgehead atoms. The first kappa shape index (κ1) is 18.2. The van der Waals surface area contributed by atoms with Gasteiger partial charge in [0.2, 0.25) is 5.95 Å². The van der Waals surface area contributed by atoms with Gasteiger partial charge in [-0.15, -0.1) is 0 Å². The molecular weight excluding hydrogens is 326 g/mol. The molecule has 0 aliphatic carbocycles. The molecule has 2 aromatic rings. The molecule has 26 heavy (non-hydrogen) atoms. The first-order valence-corrected chi connectivity index (χ1v) is 9.14. The Morgan fingerprint density at radius 3 is 3.00 bits per heavy atom. The maximum atomic E-state index is 9.08. The topological polar surface area (TPSA) is 74.1 Å². The molecule has 0 radical (unpaired) electrons. The average molecular weight is 351 g/mol. The highest BCUT2D eigenvalue weighted by atomic mass is 16.5. The molecule has 6 heteroatoms. The van der Waals surface area contributed by atoms with E-state index in [2.05, 4.69) is 34.3 Å². The number of nitriles is 1. The summed E-state index contributed by atoms with van der Waals surface area (Å²) in [5.41, 5.74) is 2.46. The highest BCUT2D eigenvalue weighted by molar-refractivity contribution is 5.58. The average Bonchev–Trinajstić information content (AvgIpc) is 3.11. The van der Waals surface area contributed by atoms with E-state index < -0.39 is 0 Å². The van der Waals surface area contributed by atoms with Crippen molar-refractivity contribution in [1.82, 2.24) is 9.97 Å². The van der Waals surface area contributed by atoms with Crippen molar-refractivity contribution in [2.75, 3.05) is 30.5 Å². The Bertz CT molecular complexity index is 786. The number of aryl methyl sites for hydroxylation is 1. The Hall–Kier alpha value is -2.65. The molecule has 0 saturated carbocycles. The molecule has 0 spiro atoms. The molecular formula is C20H25N5O. The van der Waals surface area contributed by atoms with Gasteiger partial charge in [-0.3, -0.25) is 0 Å². The van der Waals surface area contributed by atoms with E-state index in [0.717, 1.165) is 49.4 Å². The summed E-state index contributed by atoms with van der Waals surface area (Å²) in [6, 6.07) is 12.0. The molecule has 0 amide bonds. The van der Waals surface area contributed by atoms with E-state index in [-0.39, 0.29) is 0 Å². The van der Waals surface area contributed by atoms with Crippen LogP contribution < -0.4 is 10.2 Å². The third kappa shape index (κ3) is 4.30. The standard InChI is InChI=1S/C20H25N5O/c1-3-6-16-12-19(25-10-5-9-18(25)14-26-2)24-20(22-16)23-17-8-4-7-15(11-17)13-21/h4,7-8,11-12,18H,3,5-6,9-10,14H2,1-2H3,(H,22,23,24). The summed E-state index contributed by atoms with van der Waals surface area (Å²) >= 11 is 0. The van der Waals surface area contributed by atoms with Crippen LogP contribution in [-0.2, 0) is 11.2 Å². The van der Waals surface area contributed by atoms with Gasteiger partial charge in [0.15, 0.2) is 0 Å². The lowest BCUT2D eigenvalue weighted by molar-refractivity contribution is 0.180. The van der Waals surface area contributed by atoms with Crippen molar-refractivity contribution in [2.24, 2.45) is 0 Å². The van der Waals surface area contributed by atoms with Gasteiger partial charge in [0.25, 0.3) is 0 Å². The summed E-state index contributed by atoms with van der Waals surface area (Å²) in [4.78, 5) is 11.7. The summed E-state index contributed by atoms with van der Waals surface area (Å²) in [6.45, 7) is 3.84. The van der Waals surface area contributed by atoms with Crippen molar-refractivity contribution >= 4 is 17.5 Å². The Morgan fingerprint density at radius 1 is 1.35 bits per heavy atom. The van der Waals surface area contributed by atoms with Gasteiger partial charge in [-0.1, -0.05) is 19.4 Å². The summed E-state index contributed by atoms with van der Waals surface area (Å²) < 4.78 is 5.38. The van der Waals surface area contributed by atoms with E-state index in [1.54, 1.807) is 19.2 Å². The minimum Gasteiger partial charge on any atom is -0.383 e. The smallest absolute Gasteiger partial charge is 0.229 e. The van der Waals surface area contributed by atoms with Gasteiger partial charge in [-0.25, -0.2) is 4.98 Å². The fourth-order valence-electron chi connectivity index (χ4n) is 3.37. The largest absolute Gasteiger partial charge is 0.383 e. The zero-order valence-electron chi connectivity index (χ0n) is 15.4. The number of hydrogen-bond donors (Lipinski definition) is 1. The monoisotopic (exact) mass is 351 g/mol. The molecule has 2 heterocycles. The molecule has 1 aromatic heterocycles. The van der Waals surface area contributed by atoms with Crippen LogP contribution in [-0.4, -0.2) is 36.3 Å². The number of rotatable bonds is 7. The molecule has 1 aliphatic heterocycles. The fraction of sp³-hybridized carbons (Fsp3) is 0.450. The van der Waals surface area contributed by atoms with Gasteiger partial charge in [-0.2, -0.15) is 10.2 Å². The third-order valence-electron chi connectivity index (χ3n) is 4.55. The quantitative estimate of drug-likeness (QED) is 0.820. The molecule has 1 aliphatic rings. The number of aromatic nitrogens is 2. The predicted molar refractivity (Wildman–Crippen MR) is 103 cm³/mol. The van der Waals surface area contributed by atoms with E-state index >= 15 is 0 Å². The molecule has 1 aromatic carbocycles. The molecule has 1 saturated heterocycles. The van der Waals surface area contributed by atoms with E-state index in [0.29, 0.717) is 24.2 Å². The van der Waals surface area contributed by atoms with Crippen molar-refractivity contribution in [1.29, 1.82) is 5.26 Å². The SMILES string of the molecule is CCCc1cc(N2CCCC2COC)nc(Nc2cccc(C#N)c2)n1. The first-order valence-electron chi connectivity index (χ1n) is 9.14. The van der Waals surface area contributed by atoms with E-state index in [4.69, 9.17) is 15.0 Å². The minimum absolute atomic E-state index is 0.360. The van der Waals surface area contributed by atoms with E-state index in [1.807, 2.05) is 12.1 Å². The van der Waals surface area contributed by atoms with Gasteiger partial charge in [-0.05, 0) is 37.5 Å². The summed E-state index contributed by atoms with van der Waals surface area (Å²) in [7, 11) is 1.74. The second-order valence-corrected chi connectivity index (χ2v) is 6.55. The molecule has 136 valence electrons. The molecule has 1 fully saturated rings. The maximum absolute atomic E-state index is 9.08. The lowest BCUT2D eigenvalue weighted by Crippen LogP contribution is -2.33. The van der Waals surface area contributed by atoms with Crippen LogP contribution in [0, 0.1) is 11.3 Å². The molecule has 1 N–H and O–H groups in total. The van der Waals surface area contributed by atoms with Crippen LogP contribution in [0.4, 0.5) is 17.5 Å².